The summed E-state index contributed by atoms with van der Waals surface area (Å²) in [7, 11) is 1.59. The van der Waals surface area contributed by atoms with Gasteiger partial charge in [-0.05, 0) is 29.0 Å². The maximum absolute atomic E-state index is 12.3. The van der Waals surface area contributed by atoms with Gasteiger partial charge in [0.15, 0.2) is 0 Å². The zero-order chi connectivity index (χ0) is 16.2. The van der Waals surface area contributed by atoms with Crippen LogP contribution in [-0.4, -0.2) is 19.1 Å². The second-order valence-corrected chi connectivity index (χ2v) is 6.57. The predicted molar refractivity (Wildman–Crippen MR) is 87.8 cm³/mol. The average molecular weight is 292 g/mol. The number of hydrogen-bond acceptors (Lipinski definition) is 3. The smallest absolute Gasteiger partial charge is 0.241 e. The molecule has 21 heavy (non-hydrogen) atoms. The summed E-state index contributed by atoms with van der Waals surface area (Å²) in [6, 6.07) is 5.34. The number of anilines is 1. The lowest BCUT2D eigenvalue weighted by Crippen LogP contribution is -2.40. The van der Waals surface area contributed by atoms with Crippen molar-refractivity contribution in [2.75, 3.05) is 12.4 Å². The summed E-state index contributed by atoms with van der Waals surface area (Å²) in [5.74, 6) is 0.614. The van der Waals surface area contributed by atoms with Gasteiger partial charge in [0, 0.05) is 0 Å². The molecule has 0 heterocycles. The van der Waals surface area contributed by atoms with Crippen LogP contribution < -0.4 is 15.8 Å². The number of carbonyl (C=O) groups excluding carboxylic acids is 1. The lowest BCUT2D eigenvalue weighted by Gasteiger charge is -2.22. The molecule has 0 aliphatic carbocycles. The Labute approximate surface area is 128 Å². The number of nitrogens with two attached hydrogens (primary N) is 1. The van der Waals surface area contributed by atoms with E-state index in [1.165, 1.54) is 0 Å². The van der Waals surface area contributed by atoms with Crippen molar-refractivity contribution in [1.29, 1.82) is 0 Å². The van der Waals surface area contributed by atoms with Gasteiger partial charge in [-0.3, -0.25) is 4.79 Å². The molecule has 1 amide bonds. The summed E-state index contributed by atoms with van der Waals surface area (Å²) in [6.45, 7) is 10.4. The Bertz CT molecular complexity index is 492. The lowest BCUT2D eigenvalue weighted by molar-refractivity contribution is -0.118. The third-order valence-electron chi connectivity index (χ3n) is 3.88. The first kappa shape index (κ1) is 17.5. The molecule has 1 aromatic rings. The van der Waals surface area contributed by atoms with Crippen LogP contribution in [-0.2, 0) is 10.2 Å². The topological polar surface area (TPSA) is 64.4 Å². The second kappa shape index (κ2) is 6.94. The molecule has 2 unspecified atom stereocenters. The van der Waals surface area contributed by atoms with Crippen LogP contribution in [0.3, 0.4) is 0 Å². The molecule has 0 saturated carbocycles. The highest BCUT2D eigenvalue weighted by atomic mass is 16.5. The van der Waals surface area contributed by atoms with Crippen molar-refractivity contribution in [2.24, 2.45) is 11.7 Å². The first-order valence-corrected chi connectivity index (χ1v) is 7.45. The molecule has 4 heteroatoms. The summed E-state index contributed by atoms with van der Waals surface area (Å²) in [5.41, 5.74) is 7.80. The Kier molecular flexibility index (Phi) is 5.78. The van der Waals surface area contributed by atoms with Crippen molar-refractivity contribution >= 4 is 11.6 Å². The first-order valence-electron chi connectivity index (χ1n) is 7.45. The highest BCUT2D eigenvalue weighted by Gasteiger charge is 2.22. The third-order valence-corrected chi connectivity index (χ3v) is 3.88. The molecule has 2 atom stereocenters. The molecular weight excluding hydrogens is 264 g/mol. The van der Waals surface area contributed by atoms with Crippen LogP contribution in [0.15, 0.2) is 18.2 Å². The van der Waals surface area contributed by atoms with Crippen LogP contribution in [0.4, 0.5) is 5.69 Å². The largest absolute Gasteiger partial charge is 0.495 e. The summed E-state index contributed by atoms with van der Waals surface area (Å²) in [4.78, 5) is 12.3. The van der Waals surface area contributed by atoms with E-state index in [2.05, 4.69) is 26.1 Å². The highest BCUT2D eigenvalue weighted by Crippen LogP contribution is 2.31. The Morgan fingerprint density at radius 2 is 2.00 bits per heavy atom. The number of rotatable bonds is 5. The van der Waals surface area contributed by atoms with E-state index in [4.69, 9.17) is 10.5 Å². The average Bonchev–Trinajstić information content (AvgIpc) is 2.44. The normalized spacial score (nSPS) is 14.4. The molecule has 0 fully saturated rings. The molecule has 4 nitrogen and oxygen atoms in total. The molecule has 1 aromatic carbocycles. The number of carbonyl (C=O) groups is 1. The predicted octanol–water partition coefficient (Wildman–Crippen LogP) is 3.30. The number of methoxy groups -OCH3 is 1. The molecule has 0 aliphatic heterocycles. The Morgan fingerprint density at radius 3 is 2.48 bits per heavy atom. The molecule has 0 saturated heterocycles. The summed E-state index contributed by atoms with van der Waals surface area (Å²) >= 11 is 0. The van der Waals surface area contributed by atoms with Crippen LogP contribution >= 0.6 is 0 Å². The number of nitrogens with one attached hydrogen (secondary N) is 1. The van der Waals surface area contributed by atoms with Crippen LogP contribution in [0.1, 0.15) is 46.6 Å². The quantitative estimate of drug-likeness (QED) is 0.875. The van der Waals surface area contributed by atoms with Crippen molar-refractivity contribution in [2.45, 2.75) is 52.5 Å². The molecular formula is C17H28N2O2. The van der Waals surface area contributed by atoms with Crippen LogP contribution in [0.5, 0.6) is 5.75 Å². The minimum atomic E-state index is -0.516. The molecule has 1 rings (SSSR count). The van der Waals surface area contributed by atoms with Crippen LogP contribution in [0.2, 0.25) is 0 Å². The Morgan fingerprint density at radius 1 is 1.38 bits per heavy atom. The second-order valence-electron chi connectivity index (χ2n) is 6.57. The van der Waals surface area contributed by atoms with E-state index in [1.54, 1.807) is 7.11 Å². The minimum Gasteiger partial charge on any atom is -0.495 e. The monoisotopic (exact) mass is 292 g/mol. The molecule has 0 spiro atoms. The van der Waals surface area contributed by atoms with E-state index in [0.29, 0.717) is 11.4 Å². The molecule has 0 radical (unpaired) electrons. The van der Waals surface area contributed by atoms with Gasteiger partial charge >= 0.3 is 0 Å². The van der Waals surface area contributed by atoms with Crippen molar-refractivity contribution in [3.63, 3.8) is 0 Å². The number of benzene rings is 1. The van der Waals surface area contributed by atoms with E-state index in [-0.39, 0.29) is 17.2 Å². The van der Waals surface area contributed by atoms with Gasteiger partial charge in [-0.2, -0.15) is 0 Å². The minimum absolute atomic E-state index is 0.00454. The van der Waals surface area contributed by atoms with E-state index in [1.807, 2.05) is 32.0 Å². The zero-order valence-corrected chi connectivity index (χ0v) is 14.0. The van der Waals surface area contributed by atoms with Crippen LogP contribution in [0.25, 0.3) is 0 Å². The van der Waals surface area contributed by atoms with Gasteiger partial charge in [-0.25, -0.2) is 0 Å². The van der Waals surface area contributed by atoms with E-state index >= 15 is 0 Å². The fraction of sp³-hybridized carbons (Fsp3) is 0.588. The van der Waals surface area contributed by atoms with Crippen molar-refractivity contribution in [3.8, 4) is 5.75 Å². The summed E-state index contributed by atoms with van der Waals surface area (Å²) < 4.78 is 5.32. The number of ether oxygens (including phenoxy) is 1. The van der Waals surface area contributed by atoms with E-state index in [0.717, 1.165) is 12.0 Å². The molecule has 0 bridgehead atoms. The standard InChI is InChI=1S/C17H28N2O2/c1-7-11(2)15(18)16(20)19-13-10-12(17(3,4)5)8-9-14(13)21-6/h8-11,15H,7,18H2,1-6H3,(H,19,20). The maximum Gasteiger partial charge on any atom is 0.241 e. The summed E-state index contributed by atoms with van der Waals surface area (Å²) in [6.07, 6.45) is 0.869. The van der Waals surface area contributed by atoms with E-state index in [9.17, 15) is 4.79 Å². The van der Waals surface area contributed by atoms with Crippen molar-refractivity contribution in [3.05, 3.63) is 23.8 Å². The molecule has 3 N–H and O–H groups in total. The van der Waals surface area contributed by atoms with Gasteiger partial charge in [0.25, 0.3) is 0 Å². The SMILES string of the molecule is CCC(C)C(N)C(=O)Nc1cc(C(C)(C)C)ccc1OC. The van der Waals surface area contributed by atoms with Gasteiger partial charge in [-0.15, -0.1) is 0 Å². The highest BCUT2D eigenvalue weighted by molar-refractivity contribution is 5.96. The number of amides is 1. The first-order chi connectivity index (χ1) is 9.70. The summed E-state index contributed by atoms with van der Waals surface area (Å²) in [5, 5.41) is 2.90. The zero-order valence-electron chi connectivity index (χ0n) is 14.0. The fourth-order valence-electron chi connectivity index (χ4n) is 2.00. The number of hydrogen-bond donors (Lipinski definition) is 2. The third kappa shape index (κ3) is 4.46. The van der Waals surface area contributed by atoms with E-state index < -0.39 is 6.04 Å². The molecule has 118 valence electrons. The van der Waals surface area contributed by atoms with Gasteiger partial charge < -0.3 is 15.8 Å². The van der Waals surface area contributed by atoms with Gasteiger partial charge in [0.2, 0.25) is 5.91 Å². The van der Waals surface area contributed by atoms with Crippen LogP contribution in [0, 0.1) is 5.92 Å². The molecule has 0 aliphatic rings. The van der Waals surface area contributed by atoms with Crippen molar-refractivity contribution < 1.29 is 9.53 Å². The molecule has 0 aromatic heterocycles. The van der Waals surface area contributed by atoms with Gasteiger partial charge in [0.1, 0.15) is 5.75 Å². The Hall–Kier alpha value is -1.55. The fourth-order valence-corrected chi connectivity index (χ4v) is 2.00. The van der Waals surface area contributed by atoms with Gasteiger partial charge in [0.05, 0.1) is 18.8 Å². The van der Waals surface area contributed by atoms with Crippen molar-refractivity contribution in [1.82, 2.24) is 0 Å². The van der Waals surface area contributed by atoms with Gasteiger partial charge in [-0.1, -0.05) is 47.1 Å². The lowest BCUT2D eigenvalue weighted by atomic mass is 9.86. The Balaban J connectivity index is 3.03. The maximum atomic E-state index is 12.3.